The lowest BCUT2D eigenvalue weighted by molar-refractivity contribution is -0.134. The Hall–Kier alpha value is -3.42. The monoisotopic (exact) mass is 441 g/mol. The van der Waals surface area contributed by atoms with Gasteiger partial charge in [0.2, 0.25) is 5.91 Å². The molecule has 1 aliphatic heterocycles. The molecule has 0 fully saturated rings. The van der Waals surface area contributed by atoms with Gasteiger partial charge >= 0.3 is 0 Å². The highest BCUT2D eigenvalue weighted by atomic mass is 19.1. The molecule has 1 aliphatic rings. The molecule has 0 aliphatic carbocycles. The van der Waals surface area contributed by atoms with E-state index in [0.29, 0.717) is 19.6 Å². The summed E-state index contributed by atoms with van der Waals surface area (Å²) < 4.78 is 35.5. The van der Waals surface area contributed by atoms with Crippen molar-refractivity contribution in [2.24, 2.45) is 5.92 Å². The Balaban J connectivity index is 1.65. The number of hydrogen-bond donors (Lipinski definition) is 0. The van der Waals surface area contributed by atoms with E-state index in [1.54, 1.807) is 17.0 Å². The fourth-order valence-corrected chi connectivity index (χ4v) is 4.17. The molecule has 3 heterocycles. The molecule has 0 bridgehead atoms. The summed E-state index contributed by atoms with van der Waals surface area (Å²) in [7, 11) is 0. The van der Waals surface area contributed by atoms with Crippen LogP contribution in [0, 0.1) is 17.6 Å². The third-order valence-corrected chi connectivity index (χ3v) is 5.55. The SMILES string of the molecule is CC(C)CN(CC(=O)N1CCn2cccc2C1c1ccc(F)cc1F)C(=O)c1ccco1. The van der Waals surface area contributed by atoms with Crippen molar-refractivity contribution >= 4 is 11.8 Å². The number of halogens is 2. The fraction of sp³-hybridized carbons (Fsp3) is 0.333. The summed E-state index contributed by atoms with van der Waals surface area (Å²) in [4.78, 5) is 29.4. The Kier molecular flexibility index (Phi) is 6.12. The number of hydrogen-bond acceptors (Lipinski definition) is 3. The molecule has 1 unspecified atom stereocenters. The summed E-state index contributed by atoms with van der Waals surface area (Å²) in [6, 6.07) is 9.51. The Bertz CT molecular complexity index is 1110. The second-order valence-electron chi connectivity index (χ2n) is 8.34. The predicted molar refractivity (Wildman–Crippen MR) is 114 cm³/mol. The highest BCUT2D eigenvalue weighted by Gasteiger charge is 2.35. The normalized spacial score (nSPS) is 15.7. The molecule has 4 rings (SSSR count). The summed E-state index contributed by atoms with van der Waals surface area (Å²) in [6.07, 6.45) is 3.28. The molecule has 168 valence electrons. The maximum absolute atomic E-state index is 14.8. The van der Waals surface area contributed by atoms with Gasteiger partial charge in [0.05, 0.1) is 6.26 Å². The van der Waals surface area contributed by atoms with Gasteiger partial charge < -0.3 is 18.8 Å². The first kappa shape index (κ1) is 21.8. The van der Waals surface area contributed by atoms with E-state index in [9.17, 15) is 18.4 Å². The van der Waals surface area contributed by atoms with Gasteiger partial charge in [0.1, 0.15) is 24.2 Å². The van der Waals surface area contributed by atoms with Crippen molar-refractivity contribution in [2.75, 3.05) is 19.6 Å². The zero-order chi connectivity index (χ0) is 22.8. The molecule has 0 saturated heterocycles. The van der Waals surface area contributed by atoms with E-state index < -0.39 is 17.7 Å². The highest BCUT2D eigenvalue weighted by molar-refractivity contribution is 5.94. The van der Waals surface area contributed by atoms with Crippen LogP contribution in [0.25, 0.3) is 0 Å². The van der Waals surface area contributed by atoms with Crippen molar-refractivity contribution in [3.63, 3.8) is 0 Å². The largest absolute Gasteiger partial charge is 0.459 e. The quantitative estimate of drug-likeness (QED) is 0.579. The highest BCUT2D eigenvalue weighted by Crippen LogP contribution is 2.34. The van der Waals surface area contributed by atoms with Gasteiger partial charge in [-0.1, -0.05) is 19.9 Å². The van der Waals surface area contributed by atoms with Crippen LogP contribution < -0.4 is 0 Å². The number of amides is 2. The first-order valence-corrected chi connectivity index (χ1v) is 10.6. The maximum atomic E-state index is 14.8. The summed E-state index contributed by atoms with van der Waals surface area (Å²) in [6.45, 7) is 4.99. The van der Waals surface area contributed by atoms with Crippen molar-refractivity contribution in [3.8, 4) is 0 Å². The van der Waals surface area contributed by atoms with E-state index in [-0.39, 0.29) is 35.6 Å². The lowest BCUT2D eigenvalue weighted by Gasteiger charge is -2.38. The third-order valence-electron chi connectivity index (χ3n) is 5.55. The molecule has 8 heteroatoms. The topological polar surface area (TPSA) is 58.7 Å². The number of aromatic nitrogens is 1. The molecule has 0 radical (unpaired) electrons. The van der Waals surface area contributed by atoms with Crippen LogP contribution in [0.1, 0.15) is 41.7 Å². The predicted octanol–water partition coefficient (Wildman–Crippen LogP) is 4.09. The van der Waals surface area contributed by atoms with Crippen LogP contribution in [0.15, 0.2) is 59.3 Å². The molecular formula is C24H25F2N3O3. The van der Waals surface area contributed by atoms with Crippen molar-refractivity contribution in [2.45, 2.75) is 26.4 Å². The van der Waals surface area contributed by atoms with Gasteiger partial charge in [-0.15, -0.1) is 0 Å². The Labute approximate surface area is 185 Å². The zero-order valence-corrected chi connectivity index (χ0v) is 18.0. The summed E-state index contributed by atoms with van der Waals surface area (Å²) >= 11 is 0. The van der Waals surface area contributed by atoms with Crippen molar-refractivity contribution < 1.29 is 22.8 Å². The van der Waals surface area contributed by atoms with Crippen molar-refractivity contribution in [3.05, 3.63) is 83.6 Å². The van der Waals surface area contributed by atoms with Gasteiger partial charge in [-0.05, 0) is 36.2 Å². The molecule has 32 heavy (non-hydrogen) atoms. The van der Waals surface area contributed by atoms with Gasteiger partial charge in [0.15, 0.2) is 5.76 Å². The summed E-state index contributed by atoms with van der Waals surface area (Å²) in [5.74, 6) is -1.79. The van der Waals surface area contributed by atoms with E-state index in [2.05, 4.69) is 0 Å². The Morgan fingerprint density at radius 3 is 2.66 bits per heavy atom. The number of nitrogens with zero attached hydrogens (tertiary/aromatic N) is 3. The number of rotatable bonds is 6. The van der Waals surface area contributed by atoms with Crippen LogP contribution in [-0.2, 0) is 11.3 Å². The number of fused-ring (bicyclic) bond motifs is 1. The molecule has 1 atom stereocenters. The lowest BCUT2D eigenvalue weighted by atomic mass is 9.99. The van der Waals surface area contributed by atoms with E-state index in [4.69, 9.17) is 4.42 Å². The fourth-order valence-electron chi connectivity index (χ4n) is 4.17. The molecule has 3 aromatic rings. The number of carbonyl (C=O) groups excluding carboxylic acids is 2. The smallest absolute Gasteiger partial charge is 0.290 e. The number of carbonyl (C=O) groups is 2. The zero-order valence-electron chi connectivity index (χ0n) is 18.0. The van der Waals surface area contributed by atoms with E-state index in [1.165, 1.54) is 23.3 Å². The first-order valence-electron chi connectivity index (χ1n) is 10.6. The first-order chi connectivity index (χ1) is 15.3. The molecule has 0 saturated carbocycles. The summed E-state index contributed by atoms with van der Waals surface area (Å²) in [5, 5.41) is 0. The van der Waals surface area contributed by atoms with Gasteiger partial charge in [-0.2, -0.15) is 0 Å². The Morgan fingerprint density at radius 2 is 1.97 bits per heavy atom. The van der Waals surface area contributed by atoms with Crippen LogP contribution in [0.2, 0.25) is 0 Å². The minimum absolute atomic E-state index is 0.130. The summed E-state index contributed by atoms with van der Waals surface area (Å²) in [5.41, 5.74) is 0.954. The molecule has 0 N–H and O–H groups in total. The standard InChI is InChI=1S/C24H25F2N3O3/c1-16(2)14-28(24(31)21-6-4-12-32-21)15-22(30)29-11-10-27-9-3-5-20(27)23(29)18-8-7-17(25)13-19(18)26/h3-9,12-13,16,23H,10-11,14-15H2,1-2H3. The Morgan fingerprint density at radius 1 is 1.16 bits per heavy atom. The van der Waals surface area contributed by atoms with E-state index >= 15 is 0 Å². The molecule has 6 nitrogen and oxygen atoms in total. The van der Waals surface area contributed by atoms with Crippen LogP contribution >= 0.6 is 0 Å². The van der Waals surface area contributed by atoms with Crippen LogP contribution in [0.4, 0.5) is 8.78 Å². The average molecular weight is 441 g/mol. The van der Waals surface area contributed by atoms with E-state index in [1.807, 2.05) is 36.7 Å². The minimum atomic E-state index is -0.716. The van der Waals surface area contributed by atoms with Crippen molar-refractivity contribution in [1.29, 1.82) is 0 Å². The number of furan rings is 1. The molecule has 2 amide bonds. The lowest BCUT2D eigenvalue weighted by Crippen LogP contribution is -2.48. The minimum Gasteiger partial charge on any atom is -0.459 e. The van der Waals surface area contributed by atoms with Crippen LogP contribution in [0.3, 0.4) is 0 Å². The van der Waals surface area contributed by atoms with Crippen LogP contribution in [0.5, 0.6) is 0 Å². The average Bonchev–Trinajstić information content (AvgIpc) is 3.44. The second-order valence-corrected chi connectivity index (χ2v) is 8.34. The maximum Gasteiger partial charge on any atom is 0.290 e. The second kappa shape index (κ2) is 8.98. The van der Waals surface area contributed by atoms with Gasteiger partial charge in [-0.25, -0.2) is 8.78 Å². The van der Waals surface area contributed by atoms with E-state index in [0.717, 1.165) is 11.8 Å². The van der Waals surface area contributed by atoms with Crippen LogP contribution in [-0.4, -0.2) is 45.8 Å². The van der Waals surface area contributed by atoms with Crippen molar-refractivity contribution in [1.82, 2.24) is 14.4 Å². The molecule has 0 spiro atoms. The molecule has 2 aromatic heterocycles. The molecule has 1 aromatic carbocycles. The number of benzene rings is 1. The van der Waals surface area contributed by atoms with Gasteiger partial charge in [0, 0.05) is 43.2 Å². The third kappa shape index (κ3) is 4.30. The molecular weight excluding hydrogens is 416 g/mol. The van der Waals surface area contributed by atoms with Gasteiger partial charge in [0.25, 0.3) is 5.91 Å². The van der Waals surface area contributed by atoms with Gasteiger partial charge in [-0.3, -0.25) is 9.59 Å².